The van der Waals surface area contributed by atoms with Crippen molar-refractivity contribution in [3.8, 4) is 16.0 Å². The van der Waals surface area contributed by atoms with E-state index in [0.29, 0.717) is 6.54 Å². The molecule has 2 aromatic rings. The van der Waals surface area contributed by atoms with E-state index in [0.717, 1.165) is 19.9 Å². The van der Waals surface area contributed by atoms with E-state index in [1.165, 1.54) is 27.6 Å². The molecule has 0 aliphatic rings. The second-order valence-electron chi connectivity index (χ2n) is 3.99. The number of carbonyl (C=O) groups excluding carboxylic acids is 1. The molecule has 0 aliphatic heterocycles. The lowest BCUT2D eigenvalue weighted by Crippen LogP contribution is -2.32. The molecule has 4 nitrogen and oxygen atoms in total. The van der Waals surface area contributed by atoms with Crippen LogP contribution in [0.3, 0.4) is 0 Å². The monoisotopic (exact) mass is 325 g/mol. The van der Waals surface area contributed by atoms with Crippen molar-refractivity contribution in [2.45, 2.75) is 13.3 Å². The van der Waals surface area contributed by atoms with E-state index in [9.17, 15) is 4.79 Å². The highest BCUT2D eigenvalue weighted by molar-refractivity contribution is 7.23. The van der Waals surface area contributed by atoms with Crippen LogP contribution in [0.25, 0.3) is 9.88 Å². The molecule has 0 unspecified atom stereocenters. The molecule has 0 atom stereocenters. The van der Waals surface area contributed by atoms with Crippen molar-refractivity contribution in [3.05, 3.63) is 27.5 Å². The topological polar surface area (TPSA) is 57.0 Å². The molecule has 0 aliphatic carbocycles. The highest BCUT2D eigenvalue weighted by Crippen LogP contribution is 2.32. The molecule has 104 valence electrons. The molecule has 1 amide bonds. The van der Waals surface area contributed by atoms with Crippen LogP contribution in [0.4, 0.5) is 0 Å². The number of hydrogen-bond acceptors (Lipinski definition) is 5. The van der Waals surface area contributed by atoms with Gasteiger partial charge < -0.3 is 4.90 Å². The zero-order valence-electron chi connectivity index (χ0n) is 10.8. The van der Waals surface area contributed by atoms with Crippen LogP contribution < -0.4 is 0 Å². The number of aromatic nitrogens is 1. The lowest BCUT2D eigenvalue weighted by atomic mass is 10.3. The van der Waals surface area contributed by atoms with Gasteiger partial charge in [0.1, 0.15) is 11.6 Å². The number of rotatable bonds is 5. The lowest BCUT2D eigenvalue weighted by Gasteiger charge is -2.16. The fraction of sp³-hybridized carbons (Fsp3) is 0.308. The van der Waals surface area contributed by atoms with Crippen molar-refractivity contribution in [3.63, 3.8) is 0 Å². The molecule has 2 rings (SSSR count). The van der Waals surface area contributed by atoms with Crippen LogP contribution in [0, 0.1) is 11.3 Å². The Morgan fingerprint density at radius 1 is 1.55 bits per heavy atom. The molecule has 0 aromatic carbocycles. The molecule has 2 aromatic heterocycles. The minimum Gasteiger partial charge on any atom is -0.329 e. The first kappa shape index (κ1) is 15.0. The molecule has 0 radical (unpaired) electrons. The van der Waals surface area contributed by atoms with Gasteiger partial charge in [-0.15, -0.1) is 22.7 Å². The van der Waals surface area contributed by atoms with Crippen LogP contribution >= 0.6 is 34.3 Å². The molecule has 0 spiro atoms. The lowest BCUT2D eigenvalue weighted by molar-refractivity contribution is -0.129. The average molecular weight is 326 g/mol. The van der Waals surface area contributed by atoms with Gasteiger partial charge in [-0.1, -0.05) is 11.6 Å². The molecule has 2 heterocycles. The molecule has 7 heteroatoms. The third kappa shape index (κ3) is 3.57. The van der Waals surface area contributed by atoms with Crippen LogP contribution in [-0.4, -0.2) is 28.9 Å². The first-order chi connectivity index (χ1) is 9.63. The van der Waals surface area contributed by atoms with Gasteiger partial charge in [-0.05, 0) is 19.1 Å². The first-order valence-electron chi connectivity index (χ1n) is 5.99. The van der Waals surface area contributed by atoms with Crippen LogP contribution in [0.15, 0.2) is 17.5 Å². The van der Waals surface area contributed by atoms with Crippen molar-refractivity contribution in [1.29, 1.82) is 5.26 Å². The van der Waals surface area contributed by atoms with Crippen molar-refractivity contribution >= 4 is 40.2 Å². The number of nitriles is 1. The van der Waals surface area contributed by atoms with Gasteiger partial charge in [0.15, 0.2) is 0 Å². The molecule has 0 saturated heterocycles. The summed E-state index contributed by atoms with van der Waals surface area (Å²) in [6.45, 7) is 2.51. The Balaban J connectivity index is 2.06. The molecular weight excluding hydrogens is 314 g/mol. The van der Waals surface area contributed by atoms with E-state index in [4.69, 9.17) is 16.9 Å². The number of nitrogens with zero attached hydrogens (tertiary/aromatic N) is 3. The van der Waals surface area contributed by atoms with E-state index in [1.54, 1.807) is 0 Å². The zero-order chi connectivity index (χ0) is 14.5. The third-order valence-corrected chi connectivity index (χ3v) is 4.96. The minimum atomic E-state index is -0.0740. The van der Waals surface area contributed by atoms with Crippen LogP contribution in [-0.2, 0) is 11.2 Å². The van der Waals surface area contributed by atoms with E-state index in [1.807, 2.05) is 30.5 Å². The summed E-state index contributed by atoms with van der Waals surface area (Å²) in [7, 11) is 0. The Bertz CT molecular complexity index is 644. The minimum absolute atomic E-state index is 0.0740. The maximum absolute atomic E-state index is 12.0. The fourth-order valence-electron chi connectivity index (χ4n) is 1.66. The predicted molar refractivity (Wildman–Crippen MR) is 82.0 cm³/mol. The summed E-state index contributed by atoms with van der Waals surface area (Å²) in [4.78, 5) is 19.0. The van der Waals surface area contributed by atoms with E-state index >= 15 is 0 Å². The molecule has 0 fully saturated rings. The van der Waals surface area contributed by atoms with Crippen molar-refractivity contribution in [1.82, 2.24) is 9.88 Å². The number of likely N-dealkylation sites (N-methyl/N-ethyl adjacent to an activating group) is 1. The number of thiophene rings is 1. The molecule has 0 N–H and O–H groups in total. The van der Waals surface area contributed by atoms with Gasteiger partial charge in [-0.25, -0.2) is 4.98 Å². The predicted octanol–water partition coefficient (Wildman–Crippen LogP) is 3.44. The van der Waals surface area contributed by atoms with Gasteiger partial charge in [-0.2, -0.15) is 5.26 Å². The molecule has 20 heavy (non-hydrogen) atoms. The van der Waals surface area contributed by atoms with Gasteiger partial charge in [0, 0.05) is 11.9 Å². The number of amides is 1. The highest BCUT2D eigenvalue weighted by Gasteiger charge is 2.14. The fourth-order valence-corrected chi connectivity index (χ4v) is 3.59. The molecule has 0 bridgehead atoms. The zero-order valence-corrected chi connectivity index (χ0v) is 13.2. The summed E-state index contributed by atoms with van der Waals surface area (Å²) in [5, 5.41) is 11.4. The van der Waals surface area contributed by atoms with E-state index in [-0.39, 0.29) is 18.9 Å². The molecular formula is C13H12ClN3OS2. The van der Waals surface area contributed by atoms with Gasteiger partial charge in [0.2, 0.25) is 5.91 Å². The largest absolute Gasteiger partial charge is 0.329 e. The maximum atomic E-state index is 12.0. The van der Waals surface area contributed by atoms with Crippen LogP contribution in [0.5, 0.6) is 0 Å². The van der Waals surface area contributed by atoms with Gasteiger partial charge in [0.05, 0.1) is 27.4 Å². The number of thiazole rings is 1. The van der Waals surface area contributed by atoms with E-state index < -0.39 is 0 Å². The second kappa shape index (κ2) is 6.84. The third-order valence-electron chi connectivity index (χ3n) is 2.66. The van der Waals surface area contributed by atoms with Gasteiger partial charge >= 0.3 is 0 Å². The smallest absolute Gasteiger partial charge is 0.229 e. The van der Waals surface area contributed by atoms with Crippen molar-refractivity contribution in [2.24, 2.45) is 0 Å². The average Bonchev–Trinajstić information content (AvgIpc) is 3.04. The Morgan fingerprint density at radius 3 is 2.95 bits per heavy atom. The van der Waals surface area contributed by atoms with Crippen molar-refractivity contribution in [2.75, 3.05) is 13.1 Å². The number of halogens is 1. The maximum Gasteiger partial charge on any atom is 0.229 e. The summed E-state index contributed by atoms with van der Waals surface area (Å²) in [6.07, 6.45) is 0.227. The Hall–Kier alpha value is -1.42. The van der Waals surface area contributed by atoms with Crippen LogP contribution in [0.1, 0.15) is 12.6 Å². The Kier molecular flexibility index (Phi) is 5.12. The molecule has 0 saturated carbocycles. The highest BCUT2D eigenvalue weighted by atomic mass is 35.5. The van der Waals surface area contributed by atoms with Crippen molar-refractivity contribution < 1.29 is 4.79 Å². The number of carbonyl (C=O) groups is 1. The second-order valence-corrected chi connectivity index (χ2v) is 6.56. The Morgan fingerprint density at radius 2 is 2.35 bits per heavy atom. The summed E-state index contributed by atoms with van der Waals surface area (Å²) >= 11 is 8.86. The van der Waals surface area contributed by atoms with Gasteiger partial charge in [0.25, 0.3) is 0 Å². The first-order valence-corrected chi connectivity index (χ1v) is 8.06. The van der Waals surface area contributed by atoms with Gasteiger partial charge in [-0.3, -0.25) is 4.79 Å². The van der Waals surface area contributed by atoms with E-state index in [2.05, 4.69) is 4.98 Å². The van der Waals surface area contributed by atoms with Crippen LogP contribution in [0.2, 0.25) is 4.34 Å². The standard InChI is InChI=1S/C13H12ClN3OS2/c1-2-17(6-5-15)12(18)7-9-8-19-13(16-9)10-3-4-11(14)20-10/h3-4,8H,2,6-7H2,1H3. The Labute approximate surface area is 130 Å². The quantitative estimate of drug-likeness (QED) is 0.791. The SMILES string of the molecule is CCN(CC#N)C(=O)Cc1csc(-c2ccc(Cl)s2)n1. The summed E-state index contributed by atoms with van der Waals surface area (Å²) < 4.78 is 0.721. The summed E-state index contributed by atoms with van der Waals surface area (Å²) in [5.74, 6) is -0.0740. The summed E-state index contributed by atoms with van der Waals surface area (Å²) in [6, 6.07) is 5.75. The summed E-state index contributed by atoms with van der Waals surface area (Å²) in [5.41, 5.74) is 0.732. The number of hydrogen-bond donors (Lipinski definition) is 0. The normalized spacial score (nSPS) is 10.2.